The third-order valence-electron chi connectivity index (χ3n) is 4.92. The third kappa shape index (κ3) is 16.4. The molecule has 0 aliphatic rings. The van der Waals surface area contributed by atoms with Gasteiger partial charge < -0.3 is 20.0 Å². The quantitative estimate of drug-likeness (QED) is 0.178. The second kappa shape index (κ2) is 18.3. The van der Waals surface area contributed by atoms with E-state index in [1.54, 1.807) is 19.0 Å². The molecule has 0 aliphatic heterocycles. The van der Waals surface area contributed by atoms with Gasteiger partial charge in [-0.15, -0.1) is 0 Å². The first-order valence-electron chi connectivity index (χ1n) is 11.4. The molecule has 3 atom stereocenters. The van der Waals surface area contributed by atoms with Gasteiger partial charge in [0.1, 0.15) is 6.10 Å². The van der Waals surface area contributed by atoms with E-state index in [9.17, 15) is 19.4 Å². The molecule has 0 saturated heterocycles. The van der Waals surface area contributed by atoms with E-state index in [-0.39, 0.29) is 13.0 Å². The molecule has 0 aliphatic carbocycles. The molecule has 0 radical (unpaired) electrons. The van der Waals surface area contributed by atoms with E-state index >= 15 is 0 Å². The van der Waals surface area contributed by atoms with Crippen LogP contribution in [0, 0.1) is 0 Å². The molecule has 0 fully saturated rings. The maximum atomic E-state index is 12.4. The first-order valence-corrected chi connectivity index (χ1v) is 12.8. The number of phosphoric ester groups is 1. The van der Waals surface area contributed by atoms with Crippen LogP contribution in [0.1, 0.15) is 84.0 Å². The van der Waals surface area contributed by atoms with Crippen LogP contribution < -0.4 is 0 Å². The number of Topliss-reactive ketones (excluding diaryl/α,β-unsaturated/α-hetero) is 1. The van der Waals surface area contributed by atoms with Crippen LogP contribution in [0.3, 0.4) is 0 Å². The number of aliphatic hydroxyl groups excluding tert-OH is 2. The Kier molecular flexibility index (Phi) is 18.0. The zero-order valence-electron chi connectivity index (χ0n) is 19.1. The summed E-state index contributed by atoms with van der Waals surface area (Å²) in [6.45, 7) is 1.81. The third-order valence-corrected chi connectivity index (χ3v) is 5.92. The van der Waals surface area contributed by atoms with Crippen LogP contribution in [0.2, 0.25) is 0 Å². The SMILES string of the molecule is CCCCCCCCCCCCCC(=O)C(OP(=O)(O)OCCN(C)C)[C@@H](O)CO. The summed E-state index contributed by atoms with van der Waals surface area (Å²) in [5.41, 5.74) is 0. The molecule has 0 rings (SSSR count). The van der Waals surface area contributed by atoms with Crippen LogP contribution in [0.4, 0.5) is 0 Å². The number of carbonyl (C=O) groups excluding carboxylic acids is 1. The average Bonchev–Trinajstić information content (AvgIpc) is 2.69. The summed E-state index contributed by atoms with van der Waals surface area (Å²) in [5, 5.41) is 19.0. The number of carbonyl (C=O) groups is 1. The Morgan fingerprint density at radius 1 is 0.967 bits per heavy atom. The molecule has 0 aromatic heterocycles. The number of hydrogen-bond donors (Lipinski definition) is 3. The molecule has 0 aromatic carbocycles. The van der Waals surface area contributed by atoms with Gasteiger partial charge in [0.15, 0.2) is 11.9 Å². The molecule has 0 spiro atoms. The van der Waals surface area contributed by atoms with Gasteiger partial charge in [0.2, 0.25) is 0 Å². The first-order chi connectivity index (χ1) is 14.2. The normalized spacial score (nSPS) is 15.8. The molecule has 30 heavy (non-hydrogen) atoms. The summed E-state index contributed by atoms with van der Waals surface area (Å²) < 4.78 is 21.8. The fourth-order valence-electron chi connectivity index (χ4n) is 3.06. The number of unbranched alkanes of at least 4 members (excludes halogenated alkanes) is 10. The van der Waals surface area contributed by atoms with Gasteiger partial charge in [-0.05, 0) is 20.5 Å². The predicted molar refractivity (Wildman–Crippen MR) is 118 cm³/mol. The molecule has 2 unspecified atom stereocenters. The minimum Gasteiger partial charge on any atom is -0.394 e. The van der Waals surface area contributed by atoms with Gasteiger partial charge in [-0.1, -0.05) is 71.1 Å². The van der Waals surface area contributed by atoms with E-state index in [0.29, 0.717) is 13.0 Å². The number of hydrogen-bond acceptors (Lipinski definition) is 7. The first kappa shape index (κ1) is 29.7. The summed E-state index contributed by atoms with van der Waals surface area (Å²) in [6.07, 6.45) is 9.58. The van der Waals surface area contributed by atoms with E-state index in [0.717, 1.165) is 19.3 Å². The Morgan fingerprint density at radius 2 is 1.47 bits per heavy atom. The van der Waals surface area contributed by atoms with Crippen molar-refractivity contribution in [2.24, 2.45) is 0 Å². The predicted octanol–water partition coefficient (Wildman–Crippen LogP) is 3.67. The number of rotatable bonds is 21. The molecule has 3 N–H and O–H groups in total. The lowest BCUT2D eigenvalue weighted by molar-refractivity contribution is -0.134. The molecular formula is C21H44NO7P. The van der Waals surface area contributed by atoms with Crippen molar-refractivity contribution < 1.29 is 33.5 Å². The fraction of sp³-hybridized carbons (Fsp3) is 0.952. The van der Waals surface area contributed by atoms with Gasteiger partial charge in [0, 0.05) is 13.0 Å². The zero-order chi connectivity index (χ0) is 22.8. The van der Waals surface area contributed by atoms with Gasteiger partial charge in [-0.25, -0.2) is 4.57 Å². The van der Waals surface area contributed by atoms with Crippen molar-refractivity contribution in [3.8, 4) is 0 Å². The van der Waals surface area contributed by atoms with E-state index in [1.807, 2.05) is 0 Å². The summed E-state index contributed by atoms with van der Waals surface area (Å²) in [5.74, 6) is -0.502. The second-order valence-electron chi connectivity index (χ2n) is 8.13. The number of phosphoric acid groups is 1. The Labute approximate surface area is 182 Å². The maximum Gasteiger partial charge on any atom is 0.473 e. The van der Waals surface area contributed by atoms with Gasteiger partial charge >= 0.3 is 7.82 Å². The number of nitrogens with zero attached hydrogens (tertiary/aromatic N) is 1. The van der Waals surface area contributed by atoms with Gasteiger partial charge in [-0.2, -0.15) is 0 Å². The van der Waals surface area contributed by atoms with Crippen LogP contribution >= 0.6 is 7.82 Å². The Bertz CT molecular complexity index is 476. The zero-order valence-corrected chi connectivity index (χ0v) is 20.0. The van der Waals surface area contributed by atoms with Crippen LogP contribution in [0.25, 0.3) is 0 Å². The van der Waals surface area contributed by atoms with Crippen molar-refractivity contribution in [1.82, 2.24) is 4.90 Å². The van der Waals surface area contributed by atoms with Gasteiger partial charge in [0.05, 0.1) is 13.2 Å². The lowest BCUT2D eigenvalue weighted by Gasteiger charge is -2.23. The summed E-state index contributed by atoms with van der Waals surface area (Å²) in [7, 11) is -0.953. The highest BCUT2D eigenvalue weighted by molar-refractivity contribution is 7.47. The molecule has 9 heteroatoms. The second-order valence-corrected chi connectivity index (χ2v) is 9.54. The minimum absolute atomic E-state index is 0.0600. The van der Waals surface area contributed by atoms with Gasteiger partial charge in [-0.3, -0.25) is 13.8 Å². The number of ketones is 1. The topological polar surface area (TPSA) is 117 Å². The molecule has 0 bridgehead atoms. The number of likely N-dealkylation sites (N-methyl/N-ethyl adjacent to an activating group) is 1. The molecule has 0 aromatic rings. The number of aliphatic hydroxyl groups is 2. The van der Waals surface area contributed by atoms with E-state index < -0.39 is 32.4 Å². The molecule has 8 nitrogen and oxygen atoms in total. The summed E-state index contributed by atoms with van der Waals surface area (Å²) in [4.78, 5) is 23.9. The van der Waals surface area contributed by atoms with E-state index in [1.165, 1.54) is 44.9 Å². The average molecular weight is 454 g/mol. The summed E-state index contributed by atoms with van der Waals surface area (Å²) in [6, 6.07) is 0. The highest BCUT2D eigenvalue weighted by atomic mass is 31.2. The van der Waals surface area contributed by atoms with Crippen molar-refractivity contribution in [3.05, 3.63) is 0 Å². The highest BCUT2D eigenvalue weighted by Gasteiger charge is 2.35. The Morgan fingerprint density at radius 3 is 1.93 bits per heavy atom. The maximum absolute atomic E-state index is 12.4. The van der Waals surface area contributed by atoms with Crippen molar-refractivity contribution in [2.45, 2.75) is 96.2 Å². The molecule has 0 amide bonds. The van der Waals surface area contributed by atoms with Crippen LogP contribution in [0.15, 0.2) is 0 Å². The lowest BCUT2D eigenvalue weighted by atomic mass is 10.0. The van der Waals surface area contributed by atoms with Gasteiger partial charge in [0.25, 0.3) is 0 Å². The minimum atomic E-state index is -4.51. The van der Waals surface area contributed by atoms with Crippen LogP contribution in [-0.4, -0.2) is 71.9 Å². The molecule has 0 heterocycles. The van der Waals surface area contributed by atoms with Crippen molar-refractivity contribution in [3.63, 3.8) is 0 Å². The van der Waals surface area contributed by atoms with Crippen molar-refractivity contribution >= 4 is 13.6 Å². The van der Waals surface area contributed by atoms with Crippen LogP contribution in [0.5, 0.6) is 0 Å². The molecule has 0 saturated carbocycles. The fourth-order valence-corrected chi connectivity index (χ4v) is 3.98. The summed E-state index contributed by atoms with van der Waals surface area (Å²) >= 11 is 0. The van der Waals surface area contributed by atoms with Crippen molar-refractivity contribution in [2.75, 3.05) is 33.9 Å². The standard InChI is InChI=1S/C21H44NO7P/c1-4-5-6-7-8-9-10-11-12-13-14-15-19(24)21(20(25)18-23)29-30(26,27)28-17-16-22(2)3/h20-21,23,25H,4-18H2,1-3H3,(H,26,27)/t20-,21?/m0/s1. The molecular weight excluding hydrogens is 409 g/mol. The highest BCUT2D eigenvalue weighted by Crippen LogP contribution is 2.45. The molecule has 180 valence electrons. The van der Waals surface area contributed by atoms with E-state index in [4.69, 9.17) is 14.2 Å². The smallest absolute Gasteiger partial charge is 0.394 e. The largest absolute Gasteiger partial charge is 0.473 e. The van der Waals surface area contributed by atoms with Crippen LogP contribution in [-0.2, 0) is 18.4 Å². The Hall–Kier alpha value is -0.340. The lowest BCUT2D eigenvalue weighted by Crippen LogP contribution is -2.38. The monoisotopic (exact) mass is 453 g/mol. The van der Waals surface area contributed by atoms with E-state index in [2.05, 4.69) is 6.92 Å². The van der Waals surface area contributed by atoms with Crippen molar-refractivity contribution in [1.29, 1.82) is 0 Å². The Balaban J connectivity index is 4.14.